The van der Waals surface area contributed by atoms with Crippen molar-refractivity contribution in [2.24, 2.45) is 0 Å². The minimum Gasteiger partial charge on any atom is -0.454 e. The lowest BCUT2D eigenvalue weighted by Gasteiger charge is -2.22. The molecule has 36 heavy (non-hydrogen) atoms. The van der Waals surface area contributed by atoms with E-state index in [1.54, 1.807) is 4.90 Å². The Morgan fingerprint density at radius 2 is 1.83 bits per heavy atom. The summed E-state index contributed by atoms with van der Waals surface area (Å²) in [5.74, 6) is 2.02. The van der Waals surface area contributed by atoms with E-state index in [0.717, 1.165) is 22.5 Å². The van der Waals surface area contributed by atoms with Gasteiger partial charge in [0.1, 0.15) is 0 Å². The summed E-state index contributed by atoms with van der Waals surface area (Å²) in [6.45, 7) is 2.51. The van der Waals surface area contributed by atoms with Crippen molar-refractivity contribution in [1.82, 2.24) is 14.8 Å². The Balaban J connectivity index is 1.43. The normalized spacial score (nSPS) is 11.8. The van der Waals surface area contributed by atoms with Gasteiger partial charge in [-0.2, -0.15) is 5.26 Å². The molecule has 0 fully saturated rings. The molecule has 9 heteroatoms. The molecule has 8 nitrogen and oxygen atoms in total. The lowest BCUT2D eigenvalue weighted by Crippen LogP contribution is -2.33. The number of hydrogen-bond donors (Lipinski definition) is 0. The van der Waals surface area contributed by atoms with Crippen molar-refractivity contribution in [3.63, 3.8) is 0 Å². The molecule has 0 aliphatic carbocycles. The third kappa shape index (κ3) is 4.90. The van der Waals surface area contributed by atoms with E-state index < -0.39 is 0 Å². The van der Waals surface area contributed by atoms with Gasteiger partial charge in [-0.05, 0) is 49.4 Å². The molecule has 1 aliphatic rings. The molecule has 2 heterocycles. The molecule has 4 aromatic rings. The fourth-order valence-corrected chi connectivity index (χ4v) is 4.71. The number of hydrogen-bond acceptors (Lipinski definition) is 7. The molecule has 0 radical (unpaired) electrons. The number of para-hydroxylation sites is 1. The summed E-state index contributed by atoms with van der Waals surface area (Å²) in [5.41, 5.74) is 3.58. The van der Waals surface area contributed by atoms with Gasteiger partial charge in [0.25, 0.3) is 0 Å². The van der Waals surface area contributed by atoms with Crippen LogP contribution in [0.15, 0.2) is 78.0 Å². The van der Waals surface area contributed by atoms with Crippen LogP contribution < -0.4 is 14.4 Å². The van der Waals surface area contributed by atoms with Crippen molar-refractivity contribution >= 4 is 23.4 Å². The Labute approximate surface area is 213 Å². The predicted molar refractivity (Wildman–Crippen MR) is 137 cm³/mol. The zero-order chi connectivity index (χ0) is 24.9. The van der Waals surface area contributed by atoms with Gasteiger partial charge in [0.15, 0.2) is 22.5 Å². The molecule has 0 saturated carbocycles. The number of rotatable bonds is 8. The third-order valence-corrected chi connectivity index (χ3v) is 6.61. The summed E-state index contributed by atoms with van der Waals surface area (Å²) in [4.78, 5) is 14.9. The van der Waals surface area contributed by atoms with E-state index >= 15 is 0 Å². The molecule has 1 aliphatic heterocycles. The quantitative estimate of drug-likeness (QED) is 0.316. The molecule has 180 valence electrons. The molecule has 0 unspecified atom stereocenters. The van der Waals surface area contributed by atoms with Crippen LogP contribution in [0.2, 0.25) is 0 Å². The summed E-state index contributed by atoms with van der Waals surface area (Å²) in [7, 11) is 0. The smallest absolute Gasteiger partial charge is 0.237 e. The minimum absolute atomic E-state index is 0.105. The van der Waals surface area contributed by atoms with Gasteiger partial charge in [-0.25, -0.2) is 0 Å². The Hall–Kier alpha value is -4.29. The van der Waals surface area contributed by atoms with E-state index in [-0.39, 0.29) is 24.9 Å². The molecular formula is C27H23N5O3S. The fraction of sp³-hybridized carbons (Fsp3) is 0.185. The maximum Gasteiger partial charge on any atom is 0.237 e. The molecule has 0 atom stereocenters. The maximum atomic E-state index is 13.3. The minimum atomic E-state index is -0.105. The van der Waals surface area contributed by atoms with E-state index in [1.807, 2.05) is 84.3 Å². The van der Waals surface area contributed by atoms with Gasteiger partial charge in [-0.15, -0.1) is 10.2 Å². The number of aryl methyl sites for hydroxylation is 1. The highest BCUT2D eigenvalue weighted by Crippen LogP contribution is 2.37. The van der Waals surface area contributed by atoms with Crippen LogP contribution in [-0.2, 0) is 4.79 Å². The Kier molecular flexibility index (Phi) is 6.87. The van der Waals surface area contributed by atoms with Gasteiger partial charge in [-0.1, -0.05) is 47.7 Å². The summed E-state index contributed by atoms with van der Waals surface area (Å²) in [5, 5.41) is 18.6. The standard InChI is InChI=1S/C27H23N5O3S/c1-19-8-11-21(12-9-19)31(15-5-14-28)25(33)17-36-27-30-29-26(32(27)22-6-3-2-4-7-22)20-10-13-23-24(16-20)35-18-34-23/h2-4,6-13,16H,5,15,17-18H2,1H3. The largest absolute Gasteiger partial charge is 0.454 e. The lowest BCUT2D eigenvalue weighted by atomic mass is 10.2. The highest BCUT2D eigenvalue weighted by Gasteiger charge is 2.22. The highest BCUT2D eigenvalue weighted by molar-refractivity contribution is 7.99. The van der Waals surface area contributed by atoms with Crippen molar-refractivity contribution in [3.8, 4) is 34.6 Å². The molecule has 0 bridgehead atoms. The summed E-state index contributed by atoms with van der Waals surface area (Å²) in [6.07, 6.45) is 0.249. The number of aromatic nitrogens is 3. The average molecular weight is 498 g/mol. The van der Waals surface area contributed by atoms with Crippen LogP contribution in [0.4, 0.5) is 5.69 Å². The number of nitrogens with zero attached hydrogens (tertiary/aromatic N) is 5. The summed E-state index contributed by atoms with van der Waals surface area (Å²) < 4.78 is 12.9. The second-order valence-electron chi connectivity index (χ2n) is 8.12. The van der Waals surface area contributed by atoms with E-state index in [2.05, 4.69) is 16.3 Å². The van der Waals surface area contributed by atoms with E-state index in [1.165, 1.54) is 11.8 Å². The second-order valence-corrected chi connectivity index (χ2v) is 9.07. The predicted octanol–water partition coefficient (Wildman–Crippen LogP) is 5.01. The lowest BCUT2D eigenvalue weighted by molar-refractivity contribution is -0.116. The topological polar surface area (TPSA) is 93.3 Å². The highest BCUT2D eigenvalue weighted by atomic mass is 32.2. The molecule has 3 aromatic carbocycles. The average Bonchev–Trinajstić information content (AvgIpc) is 3.55. The molecule has 1 aromatic heterocycles. The molecule has 1 amide bonds. The first kappa shape index (κ1) is 23.5. The second kappa shape index (κ2) is 10.5. The number of anilines is 1. The number of amides is 1. The Morgan fingerprint density at radius 1 is 1.06 bits per heavy atom. The van der Waals surface area contributed by atoms with Crippen LogP contribution in [0.3, 0.4) is 0 Å². The maximum absolute atomic E-state index is 13.3. The number of carbonyl (C=O) groups is 1. The number of thioether (sulfide) groups is 1. The number of fused-ring (bicyclic) bond motifs is 1. The molecule has 0 N–H and O–H groups in total. The fourth-order valence-electron chi connectivity index (χ4n) is 3.88. The van der Waals surface area contributed by atoms with Crippen molar-refractivity contribution in [2.75, 3.05) is 24.0 Å². The van der Waals surface area contributed by atoms with Gasteiger partial charge in [0.2, 0.25) is 12.7 Å². The SMILES string of the molecule is Cc1ccc(N(CCC#N)C(=O)CSc2nnc(-c3ccc4c(c3)OCO4)n2-c2ccccc2)cc1. The zero-order valence-corrected chi connectivity index (χ0v) is 20.4. The molecular weight excluding hydrogens is 474 g/mol. The van der Waals surface area contributed by atoms with Gasteiger partial charge in [-0.3, -0.25) is 9.36 Å². The Bertz CT molecular complexity index is 1410. The molecule has 5 rings (SSSR count). The first-order chi connectivity index (χ1) is 17.6. The van der Waals surface area contributed by atoms with Crippen LogP contribution in [0.5, 0.6) is 11.5 Å². The monoisotopic (exact) mass is 497 g/mol. The number of benzene rings is 3. The molecule has 0 spiro atoms. The van der Waals surface area contributed by atoms with E-state index in [4.69, 9.17) is 14.7 Å². The van der Waals surface area contributed by atoms with Crippen LogP contribution in [0.1, 0.15) is 12.0 Å². The van der Waals surface area contributed by atoms with E-state index in [0.29, 0.717) is 29.0 Å². The van der Waals surface area contributed by atoms with Crippen LogP contribution in [0, 0.1) is 18.3 Å². The van der Waals surface area contributed by atoms with Crippen molar-refractivity contribution in [1.29, 1.82) is 5.26 Å². The first-order valence-electron chi connectivity index (χ1n) is 11.4. The van der Waals surface area contributed by atoms with Gasteiger partial charge >= 0.3 is 0 Å². The van der Waals surface area contributed by atoms with Crippen LogP contribution in [0.25, 0.3) is 17.1 Å². The zero-order valence-electron chi connectivity index (χ0n) is 19.6. The number of nitriles is 1. The van der Waals surface area contributed by atoms with Gasteiger partial charge in [0.05, 0.1) is 18.2 Å². The van der Waals surface area contributed by atoms with Crippen molar-refractivity contribution in [3.05, 3.63) is 78.4 Å². The van der Waals surface area contributed by atoms with Crippen LogP contribution >= 0.6 is 11.8 Å². The number of ether oxygens (including phenoxy) is 2. The number of carbonyl (C=O) groups excluding carboxylic acids is 1. The molecule has 0 saturated heterocycles. The first-order valence-corrected chi connectivity index (χ1v) is 12.4. The van der Waals surface area contributed by atoms with Crippen molar-refractivity contribution < 1.29 is 14.3 Å². The summed E-state index contributed by atoms with van der Waals surface area (Å²) in [6, 6.07) is 25.3. The third-order valence-electron chi connectivity index (χ3n) is 5.70. The van der Waals surface area contributed by atoms with Crippen LogP contribution in [-0.4, -0.2) is 39.8 Å². The van der Waals surface area contributed by atoms with Gasteiger partial charge in [0, 0.05) is 23.5 Å². The summed E-state index contributed by atoms with van der Waals surface area (Å²) >= 11 is 1.31. The van der Waals surface area contributed by atoms with E-state index in [9.17, 15) is 4.79 Å². The Morgan fingerprint density at radius 3 is 2.61 bits per heavy atom. The van der Waals surface area contributed by atoms with Crippen molar-refractivity contribution in [2.45, 2.75) is 18.5 Å². The van der Waals surface area contributed by atoms with Gasteiger partial charge < -0.3 is 14.4 Å².